The fraction of sp³-hybridized carbons (Fsp3) is 0.444. The van der Waals surface area contributed by atoms with Gasteiger partial charge in [-0.1, -0.05) is 6.07 Å². The van der Waals surface area contributed by atoms with Crippen molar-refractivity contribution >= 4 is 11.8 Å². The maximum atomic E-state index is 5.33. The van der Waals surface area contributed by atoms with E-state index in [0.29, 0.717) is 5.95 Å². The fourth-order valence-corrected chi connectivity index (χ4v) is 2.30. The Labute approximate surface area is 149 Å². The van der Waals surface area contributed by atoms with Gasteiger partial charge in [-0.25, -0.2) is 4.98 Å². The van der Waals surface area contributed by atoms with Crippen LogP contribution >= 0.6 is 0 Å². The van der Waals surface area contributed by atoms with Crippen LogP contribution in [0.25, 0.3) is 0 Å². The van der Waals surface area contributed by atoms with Crippen LogP contribution in [0.5, 0.6) is 11.5 Å². The Balaban J connectivity index is 1.85. The second-order valence-electron chi connectivity index (χ2n) is 5.86. The van der Waals surface area contributed by atoms with Gasteiger partial charge in [0, 0.05) is 25.8 Å². The number of rotatable bonds is 10. The van der Waals surface area contributed by atoms with Crippen molar-refractivity contribution in [2.45, 2.75) is 6.42 Å². The van der Waals surface area contributed by atoms with Crippen LogP contribution in [0.15, 0.2) is 30.5 Å². The number of likely N-dealkylation sites (N-methyl/N-ethyl adjacent to an activating group) is 1. The average Bonchev–Trinajstić information content (AvgIpc) is 2.61. The molecule has 0 atom stereocenters. The zero-order valence-electron chi connectivity index (χ0n) is 15.4. The first-order chi connectivity index (χ1) is 12.1. The molecule has 0 radical (unpaired) electrons. The third kappa shape index (κ3) is 6.11. The molecule has 0 bridgehead atoms. The van der Waals surface area contributed by atoms with E-state index in [-0.39, 0.29) is 0 Å². The monoisotopic (exact) mass is 345 g/mol. The minimum absolute atomic E-state index is 0.637. The summed E-state index contributed by atoms with van der Waals surface area (Å²) in [5.41, 5.74) is 1.17. The Kier molecular flexibility index (Phi) is 7.28. The first kappa shape index (κ1) is 18.8. The lowest BCUT2D eigenvalue weighted by molar-refractivity contribution is 0.354. The van der Waals surface area contributed by atoms with Gasteiger partial charge in [-0.05, 0) is 44.3 Å². The smallest absolute Gasteiger partial charge is 0.224 e. The second-order valence-corrected chi connectivity index (χ2v) is 5.86. The van der Waals surface area contributed by atoms with Crippen molar-refractivity contribution < 1.29 is 9.47 Å². The molecule has 1 aromatic heterocycles. The van der Waals surface area contributed by atoms with Crippen molar-refractivity contribution in [3.05, 3.63) is 36.0 Å². The fourth-order valence-electron chi connectivity index (χ4n) is 2.30. The Bertz CT molecular complexity index is 664. The van der Waals surface area contributed by atoms with E-state index < -0.39 is 0 Å². The standard InChI is InChI=1S/C18H27N5O2/c1-23(2)12-11-21-18-20-10-8-17(22-18)19-9-7-14-5-6-15(24-3)16(13-14)25-4/h5-6,8,10,13H,7,9,11-12H2,1-4H3,(H2,19,20,21,22). The zero-order chi connectivity index (χ0) is 18.1. The average molecular weight is 345 g/mol. The zero-order valence-corrected chi connectivity index (χ0v) is 15.4. The van der Waals surface area contributed by atoms with E-state index in [1.165, 1.54) is 5.56 Å². The normalized spacial score (nSPS) is 10.6. The summed E-state index contributed by atoms with van der Waals surface area (Å²) < 4.78 is 10.6. The van der Waals surface area contributed by atoms with Gasteiger partial charge < -0.3 is 25.0 Å². The molecule has 7 nitrogen and oxygen atoms in total. The number of hydrogen-bond donors (Lipinski definition) is 2. The van der Waals surface area contributed by atoms with Gasteiger partial charge in [0.25, 0.3) is 0 Å². The summed E-state index contributed by atoms with van der Waals surface area (Å²) in [6.07, 6.45) is 2.61. The minimum atomic E-state index is 0.637. The Morgan fingerprint density at radius 2 is 1.80 bits per heavy atom. The number of benzene rings is 1. The van der Waals surface area contributed by atoms with Crippen LogP contribution in [0.1, 0.15) is 5.56 Å². The summed E-state index contributed by atoms with van der Waals surface area (Å²) in [6, 6.07) is 7.82. The summed E-state index contributed by atoms with van der Waals surface area (Å²) in [5.74, 6) is 2.93. The number of nitrogens with one attached hydrogen (secondary N) is 2. The lowest BCUT2D eigenvalue weighted by Crippen LogP contribution is -2.21. The molecular weight excluding hydrogens is 318 g/mol. The van der Waals surface area contributed by atoms with Crippen LogP contribution in [0, 0.1) is 0 Å². The van der Waals surface area contributed by atoms with Crippen LogP contribution in [0.4, 0.5) is 11.8 Å². The van der Waals surface area contributed by atoms with Gasteiger partial charge in [0.2, 0.25) is 5.95 Å². The number of ether oxygens (including phenoxy) is 2. The van der Waals surface area contributed by atoms with Gasteiger partial charge >= 0.3 is 0 Å². The van der Waals surface area contributed by atoms with Gasteiger partial charge in [0.15, 0.2) is 11.5 Å². The van der Waals surface area contributed by atoms with Crippen molar-refractivity contribution in [2.75, 3.05) is 58.6 Å². The third-order valence-corrected chi connectivity index (χ3v) is 3.67. The maximum absolute atomic E-state index is 5.33. The number of methoxy groups -OCH3 is 2. The van der Waals surface area contributed by atoms with E-state index in [4.69, 9.17) is 9.47 Å². The highest BCUT2D eigenvalue weighted by atomic mass is 16.5. The summed E-state index contributed by atoms with van der Waals surface area (Å²) in [7, 11) is 7.35. The predicted octanol–water partition coefficient (Wildman–Crippen LogP) is 2.12. The quantitative estimate of drug-likeness (QED) is 0.683. The number of nitrogens with zero attached hydrogens (tertiary/aromatic N) is 3. The highest BCUT2D eigenvalue weighted by Gasteiger charge is 2.05. The van der Waals surface area contributed by atoms with Crippen molar-refractivity contribution in [1.82, 2.24) is 14.9 Å². The van der Waals surface area contributed by atoms with Crippen molar-refractivity contribution in [2.24, 2.45) is 0 Å². The molecule has 1 heterocycles. The highest BCUT2D eigenvalue weighted by Crippen LogP contribution is 2.27. The van der Waals surface area contributed by atoms with Gasteiger partial charge in [-0.3, -0.25) is 0 Å². The van der Waals surface area contributed by atoms with Crippen LogP contribution < -0.4 is 20.1 Å². The molecule has 136 valence electrons. The molecule has 0 aliphatic carbocycles. The molecule has 0 amide bonds. The summed E-state index contributed by atoms with van der Waals surface area (Å²) in [6.45, 7) is 2.51. The Hall–Kier alpha value is -2.54. The molecule has 0 unspecified atom stereocenters. The summed E-state index contributed by atoms with van der Waals surface area (Å²) in [5, 5.41) is 6.54. The molecule has 7 heteroatoms. The molecule has 1 aromatic carbocycles. The number of hydrogen-bond acceptors (Lipinski definition) is 7. The molecule has 0 saturated carbocycles. The van der Waals surface area contributed by atoms with Crippen molar-refractivity contribution in [3.63, 3.8) is 0 Å². The first-order valence-corrected chi connectivity index (χ1v) is 8.29. The van der Waals surface area contributed by atoms with E-state index in [0.717, 1.165) is 43.4 Å². The van der Waals surface area contributed by atoms with E-state index in [2.05, 4.69) is 25.5 Å². The molecule has 0 aliphatic rings. The molecule has 2 N–H and O–H groups in total. The van der Waals surface area contributed by atoms with Gasteiger partial charge in [0.1, 0.15) is 5.82 Å². The molecule has 0 spiro atoms. The highest BCUT2D eigenvalue weighted by molar-refractivity contribution is 5.44. The molecule has 0 fully saturated rings. The van der Waals surface area contributed by atoms with Crippen LogP contribution in [-0.4, -0.2) is 62.8 Å². The Morgan fingerprint density at radius 3 is 2.52 bits per heavy atom. The summed E-state index contributed by atoms with van der Waals surface area (Å²) in [4.78, 5) is 10.8. The third-order valence-electron chi connectivity index (χ3n) is 3.67. The van der Waals surface area contributed by atoms with Crippen LogP contribution in [0.3, 0.4) is 0 Å². The topological polar surface area (TPSA) is 71.5 Å². The van der Waals surface area contributed by atoms with E-state index in [1.807, 2.05) is 38.4 Å². The molecule has 0 aliphatic heterocycles. The predicted molar refractivity (Wildman–Crippen MR) is 101 cm³/mol. The summed E-state index contributed by atoms with van der Waals surface area (Å²) >= 11 is 0. The largest absolute Gasteiger partial charge is 0.493 e. The van der Waals surface area contributed by atoms with Gasteiger partial charge in [-0.15, -0.1) is 0 Å². The first-order valence-electron chi connectivity index (χ1n) is 8.29. The molecular formula is C18H27N5O2. The number of anilines is 2. The molecule has 25 heavy (non-hydrogen) atoms. The van der Waals surface area contributed by atoms with Crippen LogP contribution in [0.2, 0.25) is 0 Å². The van der Waals surface area contributed by atoms with E-state index >= 15 is 0 Å². The van der Waals surface area contributed by atoms with Crippen molar-refractivity contribution in [3.8, 4) is 11.5 Å². The Morgan fingerprint density at radius 1 is 1.00 bits per heavy atom. The lowest BCUT2D eigenvalue weighted by atomic mass is 10.1. The SMILES string of the molecule is COc1ccc(CCNc2ccnc(NCCN(C)C)n2)cc1OC. The van der Waals surface area contributed by atoms with Gasteiger partial charge in [0.05, 0.1) is 14.2 Å². The van der Waals surface area contributed by atoms with E-state index in [9.17, 15) is 0 Å². The maximum Gasteiger partial charge on any atom is 0.224 e. The molecule has 0 saturated heterocycles. The van der Waals surface area contributed by atoms with E-state index in [1.54, 1.807) is 20.4 Å². The van der Waals surface area contributed by atoms with Crippen LogP contribution in [-0.2, 0) is 6.42 Å². The second kappa shape index (κ2) is 9.68. The number of aromatic nitrogens is 2. The minimum Gasteiger partial charge on any atom is -0.493 e. The lowest BCUT2D eigenvalue weighted by Gasteiger charge is -2.12. The molecule has 2 rings (SSSR count). The van der Waals surface area contributed by atoms with Gasteiger partial charge in [-0.2, -0.15) is 4.98 Å². The van der Waals surface area contributed by atoms with Crippen molar-refractivity contribution in [1.29, 1.82) is 0 Å². The molecule has 2 aromatic rings.